The van der Waals surface area contributed by atoms with Gasteiger partial charge in [0, 0.05) is 11.4 Å². The van der Waals surface area contributed by atoms with Crippen molar-refractivity contribution in [2.24, 2.45) is 10.8 Å². The van der Waals surface area contributed by atoms with Gasteiger partial charge in [-0.2, -0.15) is 0 Å². The lowest BCUT2D eigenvalue weighted by Gasteiger charge is -2.27. The van der Waals surface area contributed by atoms with Gasteiger partial charge < -0.3 is 0 Å². The van der Waals surface area contributed by atoms with Crippen molar-refractivity contribution in [2.45, 2.75) is 41.5 Å². The summed E-state index contributed by atoms with van der Waals surface area (Å²) < 4.78 is 3.38. The second kappa shape index (κ2) is 3.32. The first-order valence-electron chi connectivity index (χ1n) is 4.87. The van der Waals surface area contributed by atoms with Gasteiger partial charge in [0.05, 0.1) is 0 Å². The zero-order valence-corrected chi connectivity index (χ0v) is 10.4. The zero-order chi connectivity index (χ0) is 10.3. The van der Waals surface area contributed by atoms with Crippen LogP contribution in [0.15, 0.2) is 10.5 Å². The van der Waals surface area contributed by atoms with Gasteiger partial charge in [-0.3, -0.25) is 4.72 Å². The Morgan fingerprint density at radius 2 is 1.54 bits per heavy atom. The van der Waals surface area contributed by atoms with E-state index in [1.165, 1.54) is 4.91 Å². The van der Waals surface area contributed by atoms with E-state index < -0.39 is 0 Å². The average molecular weight is 199 g/mol. The van der Waals surface area contributed by atoms with Crippen molar-refractivity contribution >= 4 is 11.9 Å². The van der Waals surface area contributed by atoms with E-state index in [9.17, 15) is 0 Å². The van der Waals surface area contributed by atoms with Crippen LogP contribution in [0.5, 0.6) is 0 Å². The Bertz CT molecular complexity index is 203. The standard InChI is InChI=1S/C11H21NS/c1-10(2,3)8-7-12-13-9(8)11(4,5)6/h12H,7H2,1-6H3. The molecule has 13 heavy (non-hydrogen) atoms. The normalized spacial score (nSPS) is 19.8. The molecule has 1 heterocycles. The van der Waals surface area contributed by atoms with Crippen molar-refractivity contribution < 1.29 is 0 Å². The van der Waals surface area contributed by atoms with Gasteiger partial charge in [-0.1, -0.05) is 41.5 Å². The van der Waals surface area contributed by atoms with Gasteiger partial charge >= 0.3 is 0 Å². The molecule has 1 N–H and O–H groups in total. The number of rotatable bonds is 0. The summed E-state index contributed by atoms with van der Waals surface area (Å²) in [6.07, 6.45) is 0. The zero-order valence-electron chi connectivity index (χ0n) is 9.62. The maximum absolute atomic E-state index is 3.38. The molecule has 0 saturated carbocycles. The number of hydrogen-bond acceptors (Lipinski definition) is 2. The molecule has 0 aliphatic carbocycles. The molecule has 1 rings (SSSR count). The second-order valence-electron chi connectivity index (χ2n) is 5.73. The van der Waals surface area contributed by atoms with Gasteiger partial charge in [0.25, 0.3) is 0 Å². The van der Waals surface area contributed by atoms with Gasteiger partial charge in [-0.25, -0.2) is 0 Å². The Labute approximate surface area is 86.5 Å². The minimum atomic E-state index is 0.288. The summed E-state index contributed by atoms with van der Waals surface area (Å²) >= 11 is 1.81. The quantitative estimate of drug-likeness (QED) is 0.598. The summed E-state index contributed by atoms with van der Waals surface area (Å²) in [5.74, 6) is 0. The Morgan fingerprint density at radius 1 is 1.00 bits per heavy atom. The van der Waals surface area contributed by atoms with Crippen LogP contribution in [0.25, 0.3) is 0 Å². The highest BCUT2D eigenvalue weighted by Gasteiger charge is 2.31. The molecule has 0 radical (unpaired) electrons. The lowest BCUT2D eigenvalue weighted by atomic mass is 9.81. The van der Waals surface area contributed by atoms with Gasteiger partial charge in [0.2, 0.25) is 0 Å². The molecule has 0 aromatic carbocycles. The first kappa shape index (κ1) is 11.1. The van der Waals surface area contributed by atoms with E-state index in [-0.39, 0.29) is 5.41 Å². The minimum absolute atomic E-state index is 0.288. The van der Waals surface area contributed by atoms with E-state index in [0.717, 1.165) is 6.54 Å². The third kappa shape index (κ3) is 2.50. The molecule has 1 nitrogen and oxygen atoms in total. The third-order valence-electron chi connectivity index (χ3n) is 2.28. The van der Waals surface area contributed by atoms with Crippen molar-refractivity contribution in [2.75, 3.05) is 6.54 Å². The summed E-state index contributed by atoms with van der Waals surface area (Å²) in [6.45, 7) is 14.8. The second-order valence-corrected chi connectivity index (χ2v) is 6.63. The van der Waals surface area contributed by atoms with E-state index in [1.54, 1.807) is 5.57 Å². The molecular weight excluding hydrogens is 178 g/mol. The fourth-order valence-electron chi connectivity index (χ4n) is 1.53. The highest BCUT2D eigenvalue weighted by atomic mass is 32.2. The van der Waals surface area contributed by atoms with Crippen molar-refractivity contribution in [3.8, 4) is 0 Å². The molecule has 0 bridgehead atoms. The van der Waals surface area contributed by atoms with Gasteiger partial charge in [0.15, 0.2) is 0 Å². The van der Waals surface area contributed by atoms with Crippen LogP contribution in [-0.2, 0) is 0 Å². The molecule has 1 aliphatic heterocycles. The number of allylic oxidation sites excluding steroid dienone is 1. The van der Waals surface area contributed by atoms with Crippen LogP contribution >= 0.6 is 11.9 Å². The van der Waals surface area contributed by atoms with Crippen molar-refractivity contribution in [1.82, 2.24) is 4.72 Å². The van der Waals surface area contributed by atoms with Crippen LogP contribution in [0.1, 0.15) is 41.5 Å². The molecule has 0 aromatic rings. The first-order chi connectivity index (χ1) is 5.73. The van der Waals surface area contributed by atoms with Gasteiger partial charge in [-0.05, 0) is 28.4 Å². The molecule has 1 aliphatic rings. The minimum Gasteiger partial charge on any atom is -0.256 e. The van der Waals surface area contributed by atoms with E-state index in [4.69, 9.17) is 0 Å². The molecule has 0 unspecified atom stereocenters. The molecule has 0 fully saturated rings. The largest absolute Gasteiger partial charge is 0.256 e. The van der Waals surface area contributed by atoms with Crippen LogP contribution in [0.2, 0.25) is 0 Å². The van der Waals surface area contributed by atoms with E-state index in [2.05, 4.69) is 46.3 Å². The Balaban J connectivity index is 3.04. The SMILES string of the molecule is CC(C)(C)C1=C(C(C)(C)C)SNC1. The number of nitrogens with one attached hydrogen (secondary N) is 1. The van der Waals surface area contributed by atoms with Gasteiger partial charge in [-0.15, -0.1) is 0 Å². The topological polar surface area (TPSA) is 12.0 Å². The summed E-state index contributed by atoms with van der Waals surface area (Å²) in [6, 6.07) is 0. The maximum atomic E-state index is 3.38. The summed E-state index contributed by atoms with van der Waals surface area (Å²) in [4.78, 5) is 1.53. The number of hydrogen-bond donors (Lipinski definition) is 1. The monoisotopic (exact) mass is 199 g/mol. The lowest BCUT2D eigenvalue weighted by Crippen LogP contribution is -2.17. The molecular formula is C11H21NS. The molecule has 0 atom stereocenters. The average Bonchev–Trinajstić information content (AvgIpc) is 2.27. The van der Waals surface area contributed by atoms with Crippen LogP contribution in [0.4, 0.5) is 0 Å². The highest BCUT2D eigenvalue weighted by molar-refractivity contribution is 8.01. The predicted molar refractivity (Wildman–Crippen MR) is 61.5 cm³/mol. The summed E-state index contributed by atoms with van der Waals surface area (Å²) in [7, 11) is 0. The Morgan fingerprint density at radius 3 is 1.85 bits per heavy atom. The lowest BCUT2D eigenvalue weighted by molar-refractivity contribution is 0.461. The van der Waals surface area contributed by atoms with Crippen molar-refractivity contribution in [3.05, 3.63) is 10.5 Å². The fraction of sp³-hybridized carbons (Fsp3) is 0.818. The van der Waals surface area contributed by atoms with Crippen molar-refractivity contribution in [1.29, 1.82) is 0 Å². The third-order valence-corrected chi connectivity index (χ3v) is 3.64. The smallest absolute Gasteiger partial charge is 0.0289 e. The highest BCUT2D eigenvalue weighted by Crippen LogP contribution is 2.44. The fourth-order valence-corrected chi connectivity index (χ4v) is 2.70. The predicted octanol–water partition coefficient (Wildman–Crippen LogP) is 3.58. The Kier molecular flexibility index (Phi) is 2.84. The molecule has 0 amide bonds. The van der Waals surface area contributed by atoms with E-state index >= 15 is 0 Å². The maximum Gasteiger partial charge on any atom is 0.0289 e. The van der Waals surface area contributed by atoms with Crippen LogP contribution < -0.4 is 4.72 Å². The van der Waals surface area contributed by atoms with Crippen molar-refractivity contribution in [3.63, 3.8) is 0 Å². The Hall–Kier alpha value is 0.0500. The molecule has 76 valence electrons. The van der Waals surface area contributed by atoms with Gasteiger partial charge in [0.1, 0.15) is 0 Å². The van der Waals surface area contributed by atoms with Crippen LogP contribution in [0, 0.1) is 10.8 Å². The van der Waals surface area contributed by atoms with Crippen LogP contribution in [-0.4, -0.2) is 6.54 Å². The van der Waals surface area contributed by atoms with E-state index in [0.29, 0.717) is 5.41 Å². The summed E-state index contributed by atoms with van der Waals surface area (Å²) in [5.41, 5.74) is 2.17. The molecule has 0 aromatic heterocycles. The summed E-state index contributed by atoms with van der Waals surface area (Å²) in [5, 5.41) is 0. The first-order valence-corrected chi connectivity index (χ1v) is 5.68. The van der Waals surface area contributed by atoms with E-state index in [1.807, 2.05) is 11.9 Å². The molecule has 2 heteroatoms. The molecule has 0 saturated heterocycles. The molecule has 0 spiro atoms. The van der Waals surface area contributed by atoms with Crippen LogP contribution in [0.3, 0.4) is 0 Å².